The molecule has 1 fully saturated rings. The number of carbonyl (C=O) groups excluding carboxylic acids is 1. The lowest BCUT2D eigenvalue weighted by molar-refractivity contribution is -0.383. The van der Waals surface area contributed by atoms with Crippen molar-refractivity contribution in [2.24, 2.45) is 5.92 Å². The highest BCUT2D eigenvalue weighted by molar-refractivity contribution is 7.18. The van der Waals surface area contributed by atoms with Crippen molar-refractivity contribution in [2.75, 3.05) is 38.6 Å². The van der Waals surface area contributed by atoms with E-state index in [-0.39, 0.29) is 11.5 Å². The fourth-order valence-electron chi connectivity index (χ4n) is 2.60. The number of hydrogen-bond acceptors (Lipinski definition) is 6. The van der Waals surface area contributed by atoms with Gasteiger partial charge in [-0.2, -0.15) is 0 Å². The number of Topliss-reactive ketones (excluding diaryl/α,β-unsaturated/α-hetero) is 1. The number of anilines is 1. The molecule has 1 aliphatic rings. The first kappa shape index (κ1) is 14.9. The molecule has 1 aromatic heterocycles. The van der Waals surface area contributed by atoms with Crippen molar-refractivity contribution in [3.8, 4) is 0 Å². The van der Waals surface area contributed by atoms with E-state index in [4.69, 9.17) is 0 Å². The van der Waals surface area contributed by atoms with Gasteiger partial charge >= 0.3 is 5.69 Å². The van der Waals surface area contributed by atoms with Crippen LogP contribution in [0.15, 0.2) is 6.07 Å². The van der Waals surface area contributed by atoms with Crippen LogP contribution in [-0.2, 0) is 0 Å². The maximum absolute atomic E-state index is 11.4. The van der Waals surface area contributed by atoms with E-state index < -0.39 is 4.92 Å². The largest absolute Gasteiger partial charge is 0.361 e. The van der Waals surface area contributed by atoms with Gasteiger partial charge in [-0.1, -0.05) is 0 Å². The van der Waals surface area contributed by atoms with Gasteiger partial charge < -0.3 is 9.80 Å². The third kappa shape index (κ3) is 3.16. The highest BCUT2D eigenvalue weighted by Gasteiger charge is 2.27. The molecule has 0 N–H and O–H groups in total. The topological polar surface area (TPSA) is 66.7 Å². The Labute approximate surface area is 122 Å². The van der Waals surface area contributed by atoms with Gasteiger partial charge in [-0.15, -0.1) is 11.3 Å². The Kier molecular flexibility index (Phi) is 4.39. The second-order valence-electron chi connectivity index (χ2n) is 5.41. The first-order valence-electron chi connectivity index (χ1n) is 6.57. The molecule has 1 aliphatic heterocycles. The lowest BCUT2D eigenvalue weighted by Crippen LogP contribution is -2.27. The summed E-state index contributed by atoms with van der Waals surface area (Å²) in [7, 11) is 3.95. The van der Waals surface area contributed by atoms with Crippen LogP contribution in [0.3, 0.4) is 0 Å². The average molecular weight is 297 g/mol. The van der Waals surface area contributed by atoms with E-state index in [0.29, 0.717) is 15.8 Å². The monoisotopic (exact) mass is 297 g/mol. The first-order chi connectivity index (χ1) is 9.38. The second-order valence-corrected chi connectivity index (χ2v) is 6.44. The van der Waals surface area contributed by atoms with Crippen molar-refractivity contribution in [3.05, 3.63) is 21.1 Å². The number of likely N-dealkylation sites (tertiary alicyclic amines) is 1. The lowest BCUT2D eigenvalue weighted by Gasteiger charge is -2.20. The molecule has 0 aliphatic carbocycles. The smallest absolute Gasteiger partial charge is 0.304 e. The summed E-state index contributed by atoms with van der Waals surface area (Å²) in [5, 5.41) is 11.7. The molecular formula is C13H19N3O3S. The molecule has 0 aromatic carbocycles. The fraction of sp³-hybridized carbons (Fsp3) is 0.615. The van der Waals surface area contributed by atoms with E-state index in [1.807, 2.05) is 11.9 Å². The van der Waals surface area contributed by atoms with Gasteiger partial charge in [-0.25, -0.2) is 0 Å². The first-order valence-corrected chi connectivity index (χ1v) is 7.39. The van der Waals surface area contributed by atoms with E-state index in [1.54, 1.807) is 0 Å². The summed E-state index contributed by atoms with van der Waals surface area (Å²) in [6.45, 7) is 4.31. The molecule has 1 aromatic rings. The highest BCUT2D eigenvalue weighted by Crippen LogP contribution is 2.37. The van der Waals surface area contributed by atoms with E-state index in [1.165, 1.54) is 24.3 Å². The van der Waals surface area contributed by atoms with Gasteiger partial charge in [0, 0.05) is 26.2 Å². The quantitative estimate of drug-likeness (QED) is 0.474. The van der Waals surface area contributed by atoms with E-state index in [2.05, 4.69) is 11.9 Å². The van der Waals surface area contributed by atoms with Crippen molar-refractivity contribution in [1.29, 1.82) is 0 Å². The third-order valence-corrected chi connectivity index (χ3v) is 4.94. The maximum atomic E-state index is 11.4. The van der Waals surface area contributed by atoms with Crippen LogP contribution in [-0.4, -0.2) is 49.3 Å². The maximum Gasteiger partial charge on any atom is 0.304 e. The number of rotatable bonds is 5. The molecule has 0 saturated carbocycles. The van der Waals surface area contributed by atoms with Gasteiger partial charge in [0.25, 0.3) is 0 Å². The molecule has 0 radical (unpaired) electrons. The number of carbonyl (C=O) groups is 1. The van der Waals surface area contributed by atoms with Crippen molar-refractivity contribution in [3.63, 3.8) is 0 Å². The second kappa shape index (κ2) is 5.88. The third-order valence-electron chi connectivity index (χ3n) is 3.60. The van der Waals surface area contributed by atoms with Gasteiger partial charge in [0.15, 0.2) is 10.8 Å². The van der Waals surface area contributed by atoms with Gasteiger partial charge in [-0.3, -0.25) is 14.9 Å². The number of nitro groups is 1. The number of hydrogen-bond donors (Lipinski definition) is 0. The summed E-state index contributed by atoms with van der Waals surface area (Å²) in [5.41, 5.74) is 0.0362. The molecule has 1 saturated heterocycles. The van der Waals surface area contributed by atoms with E-state index >= 15 is 0 Å². The molecule has 20 heavy (non-hydrogen) atoms. The molecule has 2 heterocycles. The molecule has 6 nitrogen and oxygen atoms in total. The van der Waals surface area contributed by atoms with Crippen LogP contribution in [0.4, 0.5) is 10.7 Å². The Balaban J connectivity index is 2.17. The Hall–Kier alpha value is -1.47. The summed E-state index contributed by atoms with van der Waals surface area (Å²) in [6, 6.07) is 1.39. The van der Waals surface area contributed by atoms with Crippen LogP contribution in [0.5, 0.6) is 0 Å². The number of ketones is 1. The summed E-state index contributed by atoms with van der Waals surface area (Å²) in [4.78, 5) is 26.7. The predicted molar refractivity (Wildman–Crippen MR) is 79.9 cm³/mol. The van der Waals surface area contributed by atoms with Crippen LogP contribution in [0.25, 0.3) is 0 Å². The minimum Gasteiger partial charge on any atom is -0.361 e. The van der Waals surface area contributed by atoms with Crippen LogP contribution >= 0.6 is 11.3 Å². The Morgan fingerprint density at radius 3 is 2.85 bits per heavy atom. The van der Waals surface area contributed by atoms with Crippen LogP contribution in [0.1, 0.15) is 23.0 Å². The standard InChI is InChI=1S/C13H19N3O3S/c1-9(17)12-6-11(16(18)19)13(20-12)15(3)8-10-4-5-14(2)7-10/h6,10H,4-5,7-8H2,1-3H3. The van der Waals surface area contributed by atoms with Gasteiger partial charge in [0.1, 0.15) is 0 Å². The Morgan fingerprint density at radius 2 is 2.35 bits per heavy atom. The summed E-state index contributed by atoms with van der Waals surface area (Å²) >= 11 is 1.21. The van der Waals surface area contributed by atoms with Crippen LogP contribution in [0.2, 0.25) is 0 Å². The number of nitrogens with zero attached hydrogens (tertiary/aromatic N) is 3. The zero-order chi connectivity index (χ0) is 14.9. The molecular weight excluding hydrogens is 278 g/mol. The molecule has 7 heteroatoms. The predicted octanol–water partition coefficient (Wildman–Crippen LogP) is 2.25. The normalized spacial score (nSPS) is 19.2. The zero-order valence-corrected chi connectivity index (χ0v) is 12.8. The number of thiophene rings is 1. The highest BCUT2D eigenvalue weighted by atomic mass is 32.1. The van der Waals surface area contributed by atoms with E-state index in [9.17, 15) is 14.9 Å². The molecule has 2 rings (SSSR count). The van der Waals surface area contributed by atoms with Gasteiger partial charge in [0.05, 0.1) is 9.80 Å². The molecule has 1 unspecified atom stereocenters. The van der Waals surface area contributed by atoms with Gasteiger partial charge in [-0.05, 0) is 32.9 Å². The van der Waals surface area contributed by atoms with Crippen LogP contribution in [0, 0.1) is 16.0 Å². The summed E-state index contributed by atoms with van der Waals surface area (Å²) in [5.74, 6) is 0.394. The minimum atomic E-state index is -0.407. The molecule has 0 spiro atoms. The van der Waals surface area contributed by atoms with Crippen molar-refractivity contribution in [1.82, 2.24) is 4.90 Å². The summed E-state index contributed by atoms with van der Waals surface area (Å²) in [6.07, 6.45) is 1.11. The molecule has 110 valence electrons. The molecule has 0 bridgehead atoms. The average Bonchev–Trinajstić information content (AvgIpc) is 2.95. The summed E-state index contributed by atoms with van der Waals surface area (Å²) < 4.78 is 0. The SMILES string of the molecule is CC(=O)c1cc([N+](=O)[O-])c(N(C)CC2CCN(C)C2)s1. The minimum absolute atomic E-state index is 0.0362. The van der Waals surface area contributed by atoms with Gasteiger partial charge in [0.2, 0.25) is 0 Å². The Morgan fingerprint density at radius 1 is 1.65 bits per heavy atom. The van der Waals surface area contributed by atoms with Crippen LogP contribution < -0.4 is 4.90 Å². The van der Waals surface area contributed by atoms with Crippen molar-refractivity contribution in [2.45, 2.75) is 13.3 Å². The molecule has 0 amide bonds. The molecule has 1 atom stereocenters. The van der Waals surface area contributed by atoms with E-state index in [0.717, 1.165) is 26.1 Å². The fourth-order valence-corrected chi connectivity index (χ4v) is 3.59. The zero-order valence-electron chi connectivity index (χ0n) is 12.0. The lowest BCUT2D eigenvalue weighted by atomic mass is 10.1. The van der Waals surface area contributed by atoms with Crippen molar-refractivity contribution >= 4 is 27.8 Å². The Bertz CT molecular complexity index is 529. The van der Waals surface area contributed by atoms with Crippen molar-refractivity contribution < 1.29 is 9.72 Å².